The van der Waals surface area contributed by atoms with Crippen LogP contribution in [0.4, 0.5) is 11.4 Å². The number of nitrogens with one attached hydrogen (secondary N) is 1. The number of anilines is 2. The number of para-hydroxylation sites is 1. The maximum Gasteiger partial charge on any atom is 0.261 e. The van der Waals surface area contributed by atoms with Crippen molar-refractivity contribution in [1.29, 1.82) is 0 Å². The minimum absolute atomic E-state index is 0.143. The molecule has 0 saturated carbocycles. The van der Waals surface area contributed by atoms with Crippen molar-refractivity contribution in [1.82, 2.24) is 4.31 Å². The lowest BCUT2D eigenvalue weighted by Gasteiger charge is -2.36. The number of benzene rings is 3. The van der Waals surface area contributed by atoms with Gasteiger partial charge in [0.15, 0.2) is 0 Å². The lowest BCUT2D eigenvalue weighted by atomic mass is 10.2. The van der Waals surface area contributed by atoms with Crippen molar-refractivity contribution < 1.29 is 16.8 Å². The van der Waals surface area contributed by atoms with E-state index in [2.05, 4.69) is 4.72 Å². The molecule has 1 aliphatic rings. The second kappa shape index (κ2) is 9.34. The number of aryl methyl sites for hydroxylation is 1. The molecular formula is C23H24ClN3O4S2. The number of hydrogen-bond donors (Lipinski definition) is 1. The Bertz CT molecular complexity index is 1340. The standard InChI is InChI=1S/C23H24ClN3O4S2/c1-18-10-12-20(13-11-18)33(30,31)27-16-14-26(15-17-27)23-21(24)8-5-9-22(23)25-32(28,29)19-6-3-2-4-7-19/h2-13,25H,14-17H2,1H3. The second-order valence-electron chi connectivity index (χ2n) is 7.76. The summed E-state index contributed by atoms with van der Waals surface area (Å²) in [6.07, 6.45) is 0. The maximum absolute atomic E-state index is 13.0. The normalized spacial score (nSPS) is 15.4. The van der Waals surface area contributed by atoms with Crippen LogP contribution < -0.4 is 9.62 Å². The van der Waals surface area contributed by atoms with Crippen LogP contribution in [0.15, 0.2) is 82.6 Å². The largest absolute Gasteiger partial charge is 0.366 e. The van der Waals surface area contributed by atoms with Gasteiger partial charge < -0.3 is 4.90 Å². The molecular weight excluding hydrogens is 482 g/mol. The molecule has 0 bridgehead atoms. The molecule has 33 heavy (non-hydrogen) atoms. The highest BCUT2D eigenvalue weighted by Crippen LogP contribution is 2.36. The first kappa shape index (κ1) is 23.6. The van der Waals surface area contributed by atoms with E-state index in [1.54, 1.807) is 60.7 Å². The first-order valence-corrected chi connectivity index (χ1v) is 13.7. The number of piperazine rings is 1. The highest BCUT2D eigenvalue weighted by atomic mass is 35.5. The van der Waals surface area contributed by atoms with Gasteiger partial charge in [0.2, 0.25) is 10.0 Å². The van der Waals surface area contributed by atoms with Crippen LogP contribution in [0, 0.1) is 6.92 Å². The number of hydrogen-bond acceptors (Lipinski definition) is 5. The lowest BCUT2D eigenvalue weighted by Crippen LogP contribution is -2.49. The van der Waals surface area contributed by atoms with Crippen molar-refractivity contribution in [3.63, 3.8) is 0 Å². The molecule has 10 heteroatoms. The fourth-order valence-electron chi connectivity index (χ4n) is 3.73. The number of halogens is 1. The van der Waals surface area contributed by atoms with Crippen molar-refractivity contribution in [2.75, 3.05) is 35.8 Å². The van der Waals surface area contributed by atoms with E-state index in [0.29, 0.717) is 29.5 Å². The summed E-state index contributed by atoms with van der Waals surface area (Å²) < 4.78 is 55.8. The highest BCUT2D eigenvalue weighted by Gasteiger charge is 2.30. The van der Waals surface area contributed by atoms with Crippen molar-refractivity contribution >= 4 is 43.0 Å². The van der Waals surface area contributed by atoms with Crippen molar-refractivity contribution in [2.45, 2.75) is 16.7 Å². The van der Waals surface area contributed by atoms with E-state index >= 15 is 0 Å². The van der Waals surface area contributed by atoms with Crippen LogP contribution in [-0.4, -0.2) is 47.3 Å². The fourth-order valence-corrected chi connectivity index (χ4v) is 6.54. The quantitative estimate of drug-likeness (QED) is 0.548. The topological polar surface area (TPSA) is 86.8 Å². The molecule has 1 heterocycles. The Kier molecular flexibility index (Phi) is 6.67. The van der Waals surface area contributed by atoms with Gasteiger partial charge in [0.25, 0.3) is 10.0 Å². The third-order valence-electron chi connectivity index (χ3n) is 5.50. The van der Waals surface area contributed by atoms with Crippen LogP contribution in [-0.2, 0) is 20.0 Å². The van der Waals surface area contributed by atoms with Crippen molar-refractivity contribution in [3.05, 3.63) is 83.4 Å². The Labute approximate surface area is 199 Å². The average Bonchev–Trinajstić information content (AvgIpc) is 2.80. The summed E-state index contributed by atoms with van der Waals surface area (Å²) in [5.74, 6) is 0. The zero-order valence-electron chi connectivity index (χ0n) is 18.0. The van der Waals surface area contributed by atoms with E-state index in [4.69, 9.17) is 11.6 Å². The van der Waals surface area contributed by atoms with Crippen LogP contribution in [0.3, 0.4) is 0 Å². The van der Waals surface area contributed by atoms with Crippen LogP contribution >= 0.6 is 11.6 Å². The summed E-state index contributed by atoms with van der Waals surface area (Å²) in [5, 5.41) is 0.387. The molecule has 0 radical (unpaired) electrons. The van der Waals surface area contributed by atoms with Gasteiger partial charge in [-0.3, -0.25) is 4.72 Å². The van der Waals surface area contributed by atoms with E-state index in [1.165, 1.54) is 16.4 Å². The number of rotatable bonds is 6. The van der Waals surface area contributed by atoms with Gasteiger partial charge in [-0.1, -0.05) is 53.6 Å². The molecule has 4 rings (SSSR count). The summed E-state index contributed by atoms with van der Waals surface area (Å²) in [5.41, 5.74) is 1.87. The zero-order chi connectivity index (χ0) is 23.6. The van der Waals surface area contributed by atoms with Gasteiger partial charge in [-0.15, -0.1) is 0 Å². The minimum Gasteiger partial charge on any atom is -0.366 e. The molecule has 1 N–H and O–H groups in total. The van der Waals surface area contributed by atoms with E-state index < -0.39 is 20.0 Å². The van der Waals surface area contributed by atoms with E-state index in [9.17, 15) is 16.8 Å². The molecule has 0 aliphatic carbocycles. The molecule has 0 aromatic heterocycles. The SMILES string of the molecule is Cc1ccc(S(=O)(=O)N2CCN(c3c(Cl)cccc3NS(=O)(=O)c3ccccc3)CC2)cc1. The van der Waals surface area contributed by atoms with Gasteiger partial charge in [-0.05, 0) is 43.3 Å². The van der Waals surface area contributed by atoms with Gasteiger partial charge in [-0.2, -0.15) is 4.31 Å². The minimum atomic E-state index is -3.81. The summed E-state index contributed by atoms with van der Waals surface area (Å²) in [4.78, 5) is 2.31. The molecule has 1 saturated heterocycles. The molecule has 1 fully saturated rings. The molecule has 3 aromatic rings. The lowest BCUT2D eigenvalue weighted by molar-refractivity contribution is 0.385. The number of nitrogens with zero attached hydrogens (tertiary/aromatic N) is 2. The van der Waals surface area contributed by atoms with Gasteiger partial charge in [0, 0.05) is 26.2 Å². The molecule has 0 amide bonds. The van der Waals surface area contributed by atoms with Crippen molar-refractivity contribution in [3.8, 4) is 0 Å². The Morgan fingerprint density at radius 2 is 1.39 bits per heavy atom. The van der Waals surface area contributed by atoms with Crippen LogP contribution in [0.25, 0.3) is 0 Å². The summed E-state index contributed by atoms with van der Waals surface area (Å²) in [6, 6.07) is 19.9. The zero-order valence-corrected chi connectivity index (χ0v) is 20.4. The van der Waals surface area contributed by atoms with E-state index in [-0.39, 0.29) is 22.9 Å². The monoisotopic (exact) mass is 505 g/mol. The molecule has 7 nitrogen and oxygen atoms in total. The maximum atomic E-state index is 13.0. The van der Waals surface area contributed by atoms with Gasteiger partial charge >= 0.3 is 0 Å². The predicted molar refractivity (Wildman–Crippen MR) is 131 cm³/mol. The third-order valence-corrected chi connectivity index (χ3v) is 9.10. The van der Waals surface area contributed by atoms with Crippen molar-refractivity contribution in [2.24, 2.45) is 0 Å². The van der Waals surface area contributed by atoms with Gasteiger partial charge in [0.05, 0.1) is 26.2 Å². The van der Waals surface area contributed by atoms with E-state index in [1.807, 2.05) is 11.8 Å². The first-order valence-electron chi connectivity index (χ1n) is 10.4. The Hall–Kier alpha value is -2.59. The Morgan fingerprint density at radius 1 is 0.758 bits per heavy atom. The van der Waals surface area contributed by atoms with Crippen LogP contribution in [0.1, 0.15) is 5.56 Å². The first-order chi connectivity index (χ1) is 15.7. The third kappa shape index (κ3) is 5.01. The molecule has 1 aliphatic heterocycles. The second-order valence-corrected chi connectivity index (χ2v) is 11.8. The molecule has 3 aromatic carbocycles. The fraction of sp³-hybridized carbons (Fsp3) is 0.217. The van der Waals surface area contributed by atoms with Gasteiger partial charge in [-0.25, -0.2) is 16.8 Å². The number of sulfonamides is 2. The molecule has 0 unspecified atom stereocenters. The predicted octanol–water partition coefficient (Wildman–Crippen LogP) is 3.96. The Morgan fingerprint density at radius 3 is 2.03 bits per heavy atom. The molecule has 174 valence electrons. The van der Waals surface area contributed by atoms with Gasteiger partial charge in [0.1, 0.15) is 0 Å². The van der Waals surface area contributed by atoms with Crippen LogP contribution in [0.2, 0.25) is 5.02 Å². The summed E-state index contributed by atoms with van der Waals surface area (Å²) in [7, 11) is -7.41. The summed E-state index contributed by atoms with van der Waals surface area (Å²) in [6.45, 7) is 3.16. The Balaban J connectivity index is 1.55. The summed E-state index contributed by atoms with van der Waals surface area (Å²) >= 11 is 6.47. The molecule has 0 atom stereocenters. The smallest absolute Gasteiger partial charge is 0.261 e. The highest BCUT2D eigenvalue weighted by molar-refractivity contribution is 7.92. The molecule has 0 spiro atoms. The van der Waals surface area contributed by atoms with Crippen LogP contribution in [0.5, 0.6) is 0 Å². The van der Waals surface area contributed by atoms with E-state index in [0.717, 1.165) is 5.56 Å². The average molecular weight is 506 g/mol.